The van der Waals surface area contributed by atoms with Gasteiger partial charge in [-0.25, -0.2) is 9.37 Å². The molecular formula is C33H36F2N6O5. The lowest BCUT2D eigenvalue weighted by Crippen LogP contribution is -2.54. The van der Waals surface area contributed by atoms with Crippen molar-refractivity contribution in [3.8, 4) is 28.9 Å². The summed E-state index contributed by atoms with van der Waals surface area (Å²) in [6.45, 7) is 2.70. The lowest BCUT2D eigenvalue weighted by molar-refractivity contribution is -0.163. The summed E-state index contributed by atoms with van der Waals surface area (Å²) < 4.78 is 47.7. The number of halogens is 2. The van der Waals surface area contributed by atoms with E-state index in [2.05, 4.69) is 15.3 Å². The zero-order valence-corrected chi connectivity index (χ0v) is 25.6. The van der Waals surface area contributed by atoms with E-state index in [4.69, 9.17) is 25.4 Å². The zero-order chi connectivity index (χ0) is 32.6. The number of hydrogen-bond donors (Lipinski definition) is 4. The number of nitrogens with two attached hydrogens (primary N) is 1. The van der Waals surface area contributed by atoms with Gasteiger partial charge in [-0.2, -0.15) is 4.39 Å². The summed E-state index contributed by atoms with van der Waals surface area (Å²) in [4.78, 5) is 23.4. The van der Waals surface area contributed by atoms with Crippen molar-refractivity contribution in [1.29, 1.82) is 5.41 Å². The fraction of sp³-hybridized carbons (Fsp3) is 0.394. The third-order valence-corrected chi connectivity index (χ3v) is 9.17. The topological polar surface area (TPSA) is 155 Å². The second-order valence-corrected chi connectivity index (χ2v) is 12.0. The lowest BCUT2D eigenvalue weighted by Gasteiger charge is -2.50. The maximum atomic E-state index is 15.7. The van der Waals surface area contributed by atoms with Gasteiger partial charge in [-0.05, 0) is 88.4 Å². The Morgan fingerprint density at radius 3 is 2.65 bits per heavy atom. The molecule has 0 amide bonds. The van der Waals surface area contributed by atoms with Crippen LogP contribution in [0.1, 0.15) is 56.3 Å². The van der Waals surface area contributed by atoms with Crippen LogP contribution in [0.5, 0.6) is 28.9 Å². The van der Waals surface area contributed by atoms with Gasteiger partial charge in [0.2, 0.25) is 11.6 Å². The smallest absolute Gasteiger partial charge is 0.314 e. The summed E-state index contributed by atoms with van der Waals surface area (Å²) in [5.74, 6) is -4.09. The number of carbonyl (C=O) groups excluding carboxylic acids is 1. The highest BCUT2D eigenvalue weighted by Crippen LogP contribution is 2.52. The molecule has 3 fully saturated rings. The fourth-order valence-electron chi connectivity index (χ4n) is 6.67. The normalized spacial score (nSPS) is 23.7. The first kappa shape index (κ1) is 31.2. The molecule has 0 spiro atoms. The molecule has 2 aromatic carbocycles. The molecule has 46 heavy (non-hydrogen) atoms. The molecule has 242 valence electrons. The molecule has 2 heterocycles. The Morgan fingerprint density at radius 1 is 1.17 bits per heavy atom. The van der Waals surface area contributed by atoms with Crippen molar-refractivity contribution in [2.24, 2.45) is 22.1 Å². The number of nitrogens with one attached hydrogen (secondary N) is 2. The monoisotopic (exact) mass is 634 g/mol. The number of aliphatic imine (C=N–C) groups is 1. The zero-order valence-electron chi connectivity index (χ0n) is 25.6. The Balaban J connectivity index is 1.32. The van der Waals surface area contributed by atoms with E-state index in [9.17, 15) is 9.90 Å². The summed E-state index contributed by atoms with van der Waals surface area (Å²) in [7, 11) is 1.87. The SMILES string of the molecule is CCOC(=O)C12CCC(CC1)CC2Nc1ccc(Oc2c(F)cnc(Oc3cc(C(=N)N)ccc3O)c2F)c(C2N=CCN2C)c1. The van der Waals surface area contributed by atoms with E-state index in [-0.39, 0.29) is 40.7 Å². The van der Waals surface area contributed by atoms with Crippen molar-refractivity contribution in [1.82, 2.24) is 9.88 Å². The fourth-order valence-corrected chi connectivity index (χ4v) is 6.67. The van der Waals surface area contributed by atoms with Crippen LogP contribution in [-0.4, -0.2) is 59.3 Å². The molecule has 3 aromatic rings. The molecule has 2 atom stereocenters. The van der Waals surface area contributed by atoms with Gasteiger partial charge in [0.05, 0.1) is 18.2 Å². The van der Waals surface area contributed by atoms with Crippen LogP contribution in [0.15, 0.2) is 47.6 Å². The van der Waals surface area contributed by atoms with E-state index in [1.165, 1.54) is 18.2 Å². The van der Waals surface area contributed by atoms with E-state index in [0.29, 0.717) is 24.6 Å². The number of esters is 1. The van der Waals surface area contributed by atoms with Crippen LogP contribution in [0.4, 0.5) is 14.5 Å². The number of nitrogen functional groups attached to an aromatic ring is 1. The van der Waals surface area contributed by atoms with Gasteiger partial charge in [0.25, 0.3) is 5.88 Å². The largest absolute Gasteiger partial charge is 0.504 e. The van der Waals surface area contributed by atoms with Crippen LogP contribution >= 0.6 is 0 Å². The van der Waals surface area contributed by atoms with E-state index >= 15 is 8.78 Å². The average Bonchev–Trinajstić information content (AvgIpc) is 3.48. The summed E-state index contributed by atoms with van der Waals surface area (Å²) in [6, 6.07) is 8.93. The molecular weight excluding hydrogens is 598 g/mol. The molecule has 5 N–H and O–H groups in total. The average molecular weight is 635 g/mol. The van der Waals surface area contributed by atoms with Crippen molar-refractivity contribution in [2.45, 2.75) is 51.2 Å². The van der Waals surface area contributed by atoms with Gasteiger partial charge in [-0.1, -0.05) is 0 Å². The molecule has 1 aromatic heterocycles. The minimum Gasteiger partial charge on any atom is -0.504 e. The second-order valence-electron chi connectivity index (χ2n) is 12.0. The number of fused-ring (bicyclic) bond motifs is 3. The molecule has 1 aliphatic heterocycles. The highest BCUT2D eigenvalue weighted by atomic mass is 19.1. The molecule has 7 rings (SSSR count). The van der Waals surface area contributed by atoms with Crippen molar-refractivity contribution in [2.75, 3.05) is 25.5 Å². The molecule has 2 unspecified atom stereocenters. The Hall–Kier alpha value is -4.78. The molecule has 4 aliphatic rings. The van der Waals surface area contributed by atoms with E-state index in [0.717, 1.165) is 44.0 Å². The van der Waals surface area contributed by atoms with Gasteiger partial charge >= 0.3 is 5.97 Å². The first-order chi connectivity index (χ1) is 22.1. The van der Waals surface area contributed by atoms with E-state index in [1.807, 2.05) is 24.9 Å². The summed E-state index contributed by atoms with van der Waals surface area (Å²) in [5.41, 5.74) is 6.41. The molecule has 3 saturated carbocycles. The van der Waals surface area contributed by atoms with Crippen LogP contribution in [0, 0.1) is 28.4 Å². The van der Waals surface area contributed by atoms with E-state index in [1.54, 1.807) is 18.3 Å². The molecule has 0 radical (unpaired) electrons. The number of carbonyl (C=O) groups is 1. The van der Waals surface area contributed by atoms with Gasteiger partial charge < -0.3 is 30.4 Å². The number of aromatic hydroxyl groups is 1. The van der Waals surface area contributed by atoms with Gasteiger partial charge in [0.1, 0.15) is 17.8 Å². The quantitative estimate of drug-likeness (QED) is 0.122. The number of hydrogen-bond acceptors (Lipinski definition) is 10. The van der Waals surface area contributed by atoms with Crippen LogP contribution in [0.25, 0.3) is 0 Å². The predicted molar refractivity (Wildman–Crippen MR) is 167 cm³/mol. The highest BCUT2D eigenvalue weighted by molar-refractivity contribution is 5.95. The highest BCUT2D eigenvalue weighted by Gasteiger charge is 2.53. The lowest BCUT2D eigenvalue weighted by atomic mass is 9.58. The number of ether oxygens (including phenoxy) is 3. The number of phenolic OH excluding ortho intramolecular Hbond substituents is 1. The number of amidine groups is 1. The third-order valence-electron chi connectivity index (χ3n) is 9.17. The third kappa shape index (κ3) is 5.82. The summed E-state index contributed by atoms with van der Waals surface area (Å²) >= 11 is 0. The van der Waals surface area contributed by atoms with Crippen molar-refractivity contribution in [3.05, 3.63) is 65.4 Å². The van der Waals surface area contributed by atoms with Gasteiger partial charge in [0, 0.05) is 35.6 Å². The molecule has 3 aliphatic carbocycles. The maximum absolute atomic E-state index is 15.7. The van der Waals surface area contributed by atoms with Crippen LogP contribution in [0.2, 0.25) is 0 Å². The second kappa shape index (κ2) is 12.5. The first-order valence-electron chi connectivity index (χ1n) is 15.3. The predicted octanol–water partition coefficient (Wildman–Crippen LogP) is 5.87. The van der Waals surface area contributed by atoms with Crippen LogP contribution in [-0.2, 0) is 9.53 Å². The molecule has 13 heteroatoms. The molecule has 0 saturated heterocycles. The van der Waals surface area contributed by atoms with Crippen molar-refractivity contribution >= 4 is 23.7 Å². The van der Waals surface area contributed by atoms with Crippen molar-refractivity contribution in [3.63, 3.8) is 0 Å². The van der Waals surface area contributed by atoms with Crippen molar-refractivity contribution < 1.29 is 32.9 Å². The number of benzene rings is 2. The Bertz CT molecular complexity index is 1690. The summed E-state index contributed by atoms with van der Waals surface area (Å²) in [6.07, 6.45) is 6.37. The van der Waals surface area contributed by atoms with Gasteiger partial charge in [-0.3, -0.25) is 20.1 Å². The summed E-state index contributed by atoms with van der Waals surface area (Å²) in [5, 5.41) is 21.4. The molecule has 2 bridgehead atoms. The molecule has 11 nitrogen and oxygen atoms in total. The number of nitrogens with zero attached hydrogens (tertiary/aromatic N) is 3. The standard InChI is InChI=1S/C33H36F2N6O5/c1-3-44-32(43)33-10-8-18(9-11-33)14-26(33)40-20-5-7-24(21(16-20)30-38-12-13-41(30)2)45-28-22(34)17-39-31(27(28)35)46-25-15-19(29(36)37)4-6-23(25)42/h4-7,12,15-18,26,30,40,42H,3,8-11,13-14H2,1-2H3,(H3,36,37). The number of aromatic nitrogens is 1. The Kier molecular flexibility index (Phi) is 8.51. The first-order valence-corrected chi connectivity index (χ1v) is 15.3. The Morgan fingerprint density at radius 2 is 1.96 bits per heavy atom. The Labute approximate surface area is 264 Å². The number of rotatable bonds is 10. The van der Waals surface area contributed by atoms with Crippen LogP contribution in [0.3, 0.4) is 0 Å². The maximum Gasteiger partial charge on any atom is 0.314 e. The minimum absolute atomic E-state index is 0.129. The van der Waals surface area contributed by atoms with Gasteiger partial charge in [0.15, 0.2) is 17.3 Å². The van der Waals surface area contributed by atoms with Crippen LogP contribution < -0.4 is 20.5 Å². The van der Waals surface area contributed by atoms with Gasteiger partial charge in [-0.15, -0.1) is 0 Å². The number of phenols is 1. The minimum atomic E-state index is -1.24. The van der Waals surface area contributed by atoms with E-state index < -0.39 is 34.8 Å². The number of anilines is 1. The number of pyridine rings is 1.